The number of ether oxygens (including phenoxy) is 1. The molecule has 0 radical (unpaired) electrons. The molecule has 0 saturated heterocycles. The Kier molecular flexibility index (Phi) is 5.39. The van der Waals surface area contributed by atoms with Gasteiger partial charge in [-0.15, -0.1) is 0 Å². The van der Waals surface area contributed by atoms with Gasteiger partial charge in [-0.2, -0.15) is 0 Å². The van der Waals surface area contributed by atoms with Crippen molar-refractivity contribution in [2.75, 3.05) is 5.32 Å². The topological polar surface area (TPSA) is 68.3 Å². The van der Waals surface area contributed by atoms with Gasteiger partial charge in [-0.25, -0.2) is 0 Å². The highest BCUT2D eigenvalue weighted by atomic mass is 16.5. The fourth-order valence-corrected chi connectivity index (χ4v) is 2.46. The smallest absolute Gasteiger partial charge is 0.221 e. The Morgan fingerprint density at radius 1 is 1.00 bits per heavy atom. The third-order valence-electron chi connectivity index (χ3n) is 3.69. The third kappa shape index (κ3) is 4.33. The SMILES string of the molecule is CC(=O)Nc1cc(C(=O)c2ccccn2)ccc1OCc1ccccc1. The van der Waals surface area contributed by atoms with Crippen molar-refractivity contribution < 1.29 is 14.3 Å². The molecule has 0 spiro atoms. The molecule has 3 aromatic rings. The van der Waals surface area contributed by atoms with Crippen LogP contribution in [-0.4, -0.2) is 16.7 Å². The quantitative estimate of drug-likeness (QED) is 0.688. The predicted molar refractivity (Wildman–Crippen MR) is 99.2 cm³/mol. The molecule has 0 atom stereocenters. The Hall–Kier alpha value is -3.47. The van der Waals surface area contributed by atoms with Gasteiger partial charge in [0, 0.05) is 18.7 Å². The van der Waals surface area contributed by atoms with Crippen molar-refractivity contribution >= 4 is 17.4 Å². The number of carbonyl (C=O) groups excluding carboxylic acids is 2. The molecule has 0 bridgehead atoms. The van der Waals surface area contributed by atoms with Gasteiger partial charge in [-0.3, -0.25) is 14.6 Å². The molecule has 0 unspecified atom stereocenters. The van der Waals surface area contributed by atoms with Crippen LogP contribution in [0.3, 0.4) is 0 Å². The summed E-state index contributed by atoms with van der Waals surface area (Å²) in [7, 11) is 0. The second kappa shape index (κ2) is 8.07. The molecule has 0 aliphatic heterocycles. The van der Waals surface area contributed by atoms with Crippen LogP contribution in [0.4, 0.5) is 5.69 Å². The van der Waals surface area contributed by atoms with Gasteiger partial charge in [-0.1, -0.05) is 36.4 Å². The summed E-state index contributed by atoms with van der Waals surface area (Å²) >= 11 is 0. The number of anilines is 1. The van der Waals surface area contributed by atoms with Crippen molar-refractivity contribution in [1.82, 2.24) is 4.98 Å². The largest absolute Gasteiger partial charge is 0.487 e. The van der Waals surface area contributed by atoms with Crippen molar-refractivity contribution in [2.24, 2.45) is 0 Å². The van der Waals surface area contributed by atoms with E-state index in [0.717, 1.165) is 5.56 Å². The molecule has 1 heterocycles. The van der Waals surface area contributed by atoms with Gasteiger partial charge in [0.2, 0.25) is 11.7 Å². The molecule has 0 saturated carbocycles. The maximum atomic E-state index is 12.6. The summed E-state index contributed by atoms with van der Waals surface area (Å²) in [5, 5.41) is 2.72. The molecule has 3 rings (SSSR count). The van der Waals surface area contributed by atoms with E-state index in [1.165, 1.54) is 6.92 Å². The highest BCUT2D eigenvalue weighted by molar-refractivity contribution is 6.08. The number of nitrogens with one attached hydrogen (secondary N) is 1. The fourth-order valence-electron chi connectivity index (χ4n) is 2.46. The average molecular weight is 346 g/mol. The molecular weight excluding hydrogens is 328 g/mol. The van der Waals surface area contributed by atoms with E-state index in [4.69, 9.17) is 4.74 Å². The van der Waals surface area contributed by atoms with Crippen LogP contribution in [-0.2, 0) is 11.4 Å². The van der Waals surface area contributed by atoms with Crippen LogP contribution in [0.25, 0.3) is 0 Å². The van der Waals surface area contributed by atoms with E-state index >= 15 is 0 Å². The lowest BCUT2D eigenvalue weighted by Gasteiger charge is -2.13. The van der Waals surface area contributed by atoms with Crippen molar-refractivity contribution in [2.45, 2.75) is 13.5 Å². The van der Waals surface area contributed by atoms with Gasteiger partial charge in [0.25, 0.3) is 0 Å². The first kappa shape index (κ1) is 17.4. The van der Waals surface area contributed by atoms with Crippen LogP contribution in [0.1, 0.15) is 28.5 Å². The van der Waals surface area contributed by atoms with Crippen LogP contribution in [0.15, 0.2) is 72.9 Å². The molecule has 1 aromatic heterocycles. The summed E-state index contributed by atoms with van der Waals surface area (Å²) in [5.74, 6) is 0.0467. The van der Waals surface area contributed by atoms with Gasteiger partial charge in [0.1, 0.15) is 18.1 Å². The molecule has 1 N–H and O–H groups in total. The van der Waals surface area contributed by atoms with Crippen molar-refractivity contribution in [3.63, 3.8) is 0 Å². The van der Waals surface area contributed by atoms with Gasteiger partial charge in [-0.05, 0) is 35.9 Å². The Morgan fingerprint density at radius 2 is 1.77 bits per heavy atom. The minimum Gasteiger partial charge on any atom is -0.487 e. The summed E-state index contributed by atoms with van der Waals surface area (Å²) in [5.41, 5.74) is 2.24. The van der Waals surface area contributed by atoms with Crippen LogP contribution >= 0.6 is 0 Å². The number of benzene rings is 2. The van der Waals surface area contributed by atoms with Crippen LogP contribution in [0, 0.1) is 0 Å². The number of carbonyl (C=O) groups is 2. The maximum absolute atomic E-state index is 12.6. The number of nitrogens with zero attached hydrogens (tertiary/aromatic N) is 1. The van der Waals surface area contributed by atoms with Gasteiger partial charge >= 0.3 is 0 Å². The van der Waals surface area contributed by atoms with E-state index in [1.54, 1.807) is 42.6 Å². The van der Waals surface area contributed by atoms with E-state index in [-0.39, 0.29) is 11.7 Å². The normalized spacial score (nSPS) is 10.2. The monoisotopic (exact) mass is 346 g/mol. The first-order valence-electron chi connectivity index (χ1n) is 8.17. The first-order chi connectivity index (χ1) is 12.6. The number of aromatic nitrogens is 1. The van der Waals surface area contributed by atoms with Crippen molar-refractivity contribution in [1.29, 1.82) is 0 Å². The Bertz CT molecular complexity index is 909. The zero-order chi connectivity index (χ0) is 18.4. The molecule has 5 nitrogen and oxygen atoms in total. The zero-order valence-electron chi connectivity index (χ0n) is 14.3. The van der Waals surface area contributed by atoms with E-state index in [2.05, 4.69) is 10.3 Å². The summed E-state index contributed by atoms with van der Waals surface area (Å²) in [4.78, 5) is 28.2. The standard InChI is InChI=1S/C21H18N2O3/c1-15(24)23-19-13-17(21(25)18-9-5-6-12-22-18)10-11-20(19)26-14-16-7-3-2-4-8-16/h2-13H,14H2,1H3,(H,23,24). The highest BCUT2D eigenvalue weighted by Crippen LogP contribution is 2.27. The second-order valence-electron chi connectivity index (χ2n) is 5.71. The third-order valence-corrected chi connectivity index (χ3v) is 3.69. The average Bonchev–Trinajstić information content (AvgIpc) is 2.67. The number of hydrogen-bond acceptors (Lipinski definition) is 4. The van der Waals surface area contributed by atoms with E-state index in [0.29, 0.717) is 29.3 Å². The Labute approximate surface area is 151 Å². The second-order valence-corrected chi connectivity index (χ2v) is 5.71. The molecular formula is C21H18N2O3. The molecule has 1 amide bonds. The summed E-state index contributed by atoms with van der Waals surface area (Å²) in [6.45, 7) is 1.77. The number of hydrogen-bond donors (Lipinski definition) is 1. The number of rotatable bonds is 6. The van der Waals surface area contributed by atoms with Crippen LogP contribution in [0.5, 0.6) is 5.75 Å². The van der Waals surface area contributed by atoms with Gasteiger partial charge < -0.3 is 10.1 Å². The summed E-state index contributed by atoms with van der Waals surface area (Å²) in [6.07, 6.45) is 1.57. The van der Waals surface area contributed by atoms with Gasteiger partial charge in [0.05, 0.1) is 5.69 Å². The van der Waals surface area contributed by atoms with Crippen molar-refractivity contribution in [3.05, 3.63) is 89.7 Å². The number of pyridine rings is 1. The summed E-state index contributed by atoms with van der Waals surface area (Å²) < 4.78 is 5.82. The van der Waals surface area contributed by atoms with Gasteiger partial charge in [0.15, 0.2) is 0 Å². The van der Waals surface area contributed by atoms with E-state index in [1.807, 2.05) is 30.3 Å². The van der Waals surface area contributed by atoms with Crippen molar-refractivity contribution in [3.8, 4) is 5.75 Å². The van der Waals surface area contributed by atoms with Crippen LogP contribution in [0.2, 0.25) is 0 Å². The number of ketones is 1. The molecule has 5 heteroatoms. The predicted octanol–water partition coefficient (Wildman–Crippen LogP) is 3.85. The van der Waals surface area contributed by atoms with E-state index < -0.39 is 0 Å². The Balaban J connectivity index is 1.85. The lowest BCUT2D eigenvalue weighted by molar-refractivity contribution is -0.114. The van der Waals surface area contributed by atoms with Crippen LogP contribution < -0.4 is 10.1 Å². The fraction of sp³-hybridized carbons (Fsp3) is 0.0952. The minimum absolute atomic E-state index is 0.216. The molecule has 26 heavy (non-hydrogen) atoms. The number of amides is 1. The highest BCUT2D eigenvalue weighted by Gasteiger charge is 2.14. The summed E-state index contributed by atoms with van der Waals surface area (Å²) in [6, 6.07) is 19.8. The molecule has 0 aliphatic carbocycles. The molecule has 2 aromatic carbocycles. The van der Waals surface area contributed by atoms with E-state index in [9.17, 15) is 9.59 Å². The molecule has 130 valence electrons. The Morgan fingerprint density at radius 3 is 2.46 bits per heavy atom. The first-order valence-corrected chi connectivity index (χ1v) is 8.17. The maximum Gasteiger partial charge on any atom is 0.221 e. The lowest BCUT2D eigenvalue weighted by atomic mass is 10.1. The molecule has 0 fully saturated rings. The minimum atomic E-state index is -0.239. The lowest BCUT2D eigenvalue weighted by Crippen LogP contribution is -2.10. The molecule has 0 aliphatic rings. The zero-order valence-corrected chi connectivity index (χ0v) is 14.3.